The summed E-state index contributed by atoms with van der Waals surface area (Å²) in [6, 6.07) is 21.9. The van der Waals surface area contributed by atoms with Gasteiger partial charge in [-0.2, -0.15) is 10.5 Å². The van der Waals surface area contributed by atoms with E-state index in [9.17, 15) is 4.79 Å². The largest absolute Gasteiger partial charge is 0.338 e. The Hall–Kier alpha value is -4.36. The minimum Gasteiger partial charge on any atom is -0.338 e. The SMILES string of the molecule is CCCCNC(=O)Nc1ccc(N(c2ccc(C#N)cc2)c2ccc(C#N)cc2)cn1. The van der Waals surface area contributed by atoms with Crippen LogP contribution in [-0.2, 0) is 0 Å². The Labute approximate surface area is 181 Å². The first-order valence-corrected chi connectivity index (χ1v) is 9.96. The molecule has 0 aliphatic carbocycles. The first kappa shape index (κ1) is 21.4. The van der Waals surface area contributed by atoms with Gasteiger partial charge in [0.25, 0.3) is 0 Å². The van der Waals surface area contributed by atoms with Gasteiger partial charge in [0.05, 0.1) is 35.1 Å². The summed E-state index contributed by atoms with van der Waals surface area (Å²) in [6.07, 6.45) is 3.59. The summed E-state index contributed by atoms with van der Waals surface area (Å²) in [5, 5.41) is 23.7. The van der Waals surface area contributed by atoms with Crippen molar-refractivity contribution in [3.63, 3.8) is 0 Å². The molecule has 0 saturated heterocycles. The molecule has 1 aromatic heterocycles. The van der Waals surface area contributed by atoms with Gasteiger partial charge in [-0.05, 0) is 67.1 Å². The van der Waals surface area contributed by atoms with Gasteiger partial charge in [-0.1, -0.05) is 13.3 Å². The topological polar surface area (TPSA) is 105 Å². The number of hydrogen-bond acceptors (Lipinski definition) is 5. The highest BCUT2D eigenvalue weighted by molar-refractivity contribution is 5.88. The molecule has 7 heteroatoms. The number of unbranched alkanes of at least 4 members (excludes halogenated alkanes) is 1. The number of rotatable bonds is 7. The van der Waals surface area contributed by atoms with Gasteiger partial charge in [-0.25, -0.2) is 9.78 Å². The third kappa shape index (κ3) is 5.59. The first-order chi connectivity index (χ1) is 15.1. The number of anilines is 4. The van der Waals surface area contributed by atoms with E-state index in [0.29, 0.717) is 23.5 Å². The van der Waals surface area contributed by atoms with Crippen LogP contribution in [0, 0.1) is 22.7 Å². The number of nitrogens with one attached hydrogen (secondary N) is 2. The number of pyridine rings is 1. The van der Waals surface area contributed by atoms with Crippen molar-refractivity contribution in [2.75, 3.05) is 16.8 Å². The number of aromatic nitrogens is 1. The van der Waals surface area contributed by atoms with Gasteiger partial charge in [0.1, 0.15) is 5.82 Å². The highest BCUT2D eigenvalue weighted by Gasteiger charge is 2.13. The van der Waals surface area contributed by atoms with Crippen LogP contribution in [0.25, 0.3) is 0 Å². The molecule has 1 heterocycles. The molecule has 0 aliphatic heterocycles. The average molecular weight is 410 g/mol. The van der Waals surface area contributed by atoms with Crippen LogP contribution in [0.2, 0.25) is 0 Å². The molecule has 0 spiro atoms. The second-order valence-electron chi connectivity index (χ2n) is 6.79. The molecule has 2 N–H and O–H groups in total. The van der Waals surface area contributed by atoms with E-state index in [2.05, 4.69) is 34.7 Å². The van der Waals surface area contributed by atoms with Crippen molar-refractivity contribution in [1.82, 2.24) is 10.3 Å². The number of carbonyl (C=O) groups is 1. The number of nitrogens with zero attached hydrogens (tertiary/aromatic N) is 4. The minimum atomic E-state index is -0.287. The molecule has 0 saturated carbocycles. The zero-order valence-corrected chi connectivity index (χ0v) is 17.2. The molecule has 7 nitrogen and oxygen atoms in total. The lowest BCUT2D eigenvalue weighted by molar-refractivity contribution is 0.252. The monoisotopic (exact) mass is 410 g/mol. The molecule has 2 amide bonds. The lowest BCUT2D eigenvalue weighted by Crippen LogP contribution is -2.29. The molecule has 154 valence electrons. The Bertz CT molecular complexity index is 1040. The Kier molecular flexibility index (Phi) is 7.18. The number of hydrogen-bond donors (Lipinski definition) is 2. The van der Waals surface area contributed by atoms with Gasteiger partial charge >= 0.3 is 6.03 Å². The van der Waals surface area contributed by atoms with E-state index in [1.165, 1.54) is 0 Å². The fraction of sp³-hybridized carbons (Fsp3) is 0.167. The van der Waals surface area contributed by atoms with E-state index in [4.69, 9.17) is 10.5 Å². The predicted octanol–water partition coefficient (Wildman–Crippen LogP) is 5.22. The van der Waals surface area contributed by atoms with Crippen LogP contribution in [0.5, 0.6) is 0 Å². The summed E-state index contributed by atoms with van der Waals surface area (Å²) in [4.78, 5) is 18.3. The zero-order chi connectivity index (χ0) is 22.1. The Morgan fingerprint density at radius 3 is 1.90 bits per heavy atom. The van der Waals surface area contributed by atoms with Crippen molar-refractivity contribution in [3.05, 3.63) is 78.0 Å². The van der Waals surface area contributed by atoms with Gasteiger partial charge in [0.2, 0.25) is 0 Å². The fourth-order valence-corrected chi connectivity index (χ4v) is 2.95. The van der Waals surface area contributed by atoms with Crippen molar-refractivity contribution in [1.29, 1.82) is 10.5 Å². The second-order valence-corrected chi connectivity index (χ2v) is 6.79. The minimum absolute atomic E-state index is 0.287. The van der Waals surface area contributed by atoms with Crippen LogP contribution < -0.4 is 15.5 Å². The normalized spacial score (nSPS) is 9.90. The van der Waals surface area contributed by atoms with Crippen LogP contribution in [0.15, 0.2) is 66.9 Å². The smallest absolute Gasteiger partial charge is 0.320 e. The van der Waals surface area contributed by atoms with E-state index >= 15 is 0 Å². The van der Waals surface area contributed by atoms with Crippen LogP contribution in [0.1, 0.15) is 30.9 Å². The maximum atomic E-state index is 11.9. The molecule has 2 aromatic carbocycles. The quantitative estimate of drug-likeness (QED) is 0.520. The van der Waals surface area contributed by atoms with E-state index in [1.54, 1.807) is 36.5 Å². The standard InChI is InChI=1S/C24H22N6O/c1-2-3-14-27-24(31)29-23-13-12-22(17-28-23)30(20-8-4-18(15-25)5-9-20)21-10-6-19(16-26)7-11-21/h4-13,17H,2-3,14H2,1H3,(H2,27,28,29,31). The van der Waals surface area contributed by atoms with Crippen molar-refractivity contribution >= 4 is 28.9 Å². The molecule has 3 rings (SSSR count). The third-order valence-corrected chi connectivity index (χ3v) is 4.57. The van der Waals surface area contributed by atoms with Gasteiger partial charge in [-0.15, -0.1) is 0 Å². The molecule has 0 bridgehead atoms. The highest BCUT2D eigenvalue weighted by atomic mass is 16.2. The maximum absolute atomic E-state index is 11.9. The summed E-state index contributed by atoms with van der Waals surface area (Å²) in [5.41, 5.74) is 3.57. The summed E-state index contributed by atoms with van der Waals surface area (Å²) in [6.45, 7) is 2.68. The molecule has 31 heavy (non-hydrogen) atoms. The number of urea groups is 1. The molecular formula is C24H22N6O. The molecule has 0 atom stereocenters. The van der Waals surface area contributed by atoms with Crippen LogP contribution in [0.4, 0.5) is 27.7 Å². The van der Waals surface area contributed by atoms with Crippen LogP contribution >= 0.6 is 0 Å². The Morgan fingerprint density at radius 1 is 0.903 bits per heavy atom. The van der Waals surface area contributed by atoms with E-state index in [0.717, 1.165) is 29.9 Å². The predicted molar refractivity (Wildman–Crippen MR) is 120 cm³/mol. The summed E-state index contributed by atoms with van der Waals surface area (Å²) in [7, 11) is 0. The molecule has 0 radical (unpaired) electrons. The molecule has 3 aromatic rings. The van der Waals surface area contributed by atoms with Crippen LogP contribution in [-0.4, -0.2) is 17.6 Å². The van der Waals surface area contributed by atoms with Gasteiger partial charge in [-0.3, -0.25) is 5.32 Å². The Morgan fingerprint density at radius 2 is 1.45 bits per heavy atom. The number of amides is 2. The lowest BCUT2D eigenvalue weighted by atomic mass is 10.1. The van der Waals surface area contributed by atoms with E-state index in [-0.39, 0.29) is 6.03 Å². The fourth-order valence-electron chi connectivity index (χ4n) is 2.95. The van der Waals surface area contributed by atoms with Crippen LogP contribution in [0.3, 0.4) is 0 Å². The molecule has 0 unspecified atom stereocenters. The lowest BCUT2D eigenvalue weighted by Gasteiger charge is -2.25. The molecule has 0 aliphatic rings. The number of nitriles is 2. The Balaban J connectivity index is 1.87. The van der Waals surface area contributed by atoms with Crippen molar-refractivity contribution in [3.8, 4) is 12.1 Å². The van der Waals surface area contributed by atoms with Gasteiger partial charge in [0.15, 0.2) is 0 Å². The van der Waals surface area contributed by atoms with Crippen molar-refractivity contribution in [2.24, 2.45) is 0 Å². The average Bonchev–Trinajstić information content (AvgIpc) is 2.81. The zero-order valence-electron chi connectivity index (χ0n) is 17.2. The molecular weight excluding hydrogens is 388 g/mol. The van der Waals surface area contributed by atoms with Crippen molar-refractivity contribution in [2.45, 2.75) is 19.8 Å². The third-order valence-electron chi connectivity index (χ3n) is 4.57. The van der Waals surface area contributed by atoms with Crippen molar-refractivity contribution < 1.29 is 4.79 Å². The molecule has 0 fully saturated rings. The van der Waals surface area contributed by atoms with Gasteiger partial charge in [0, 0.05) is 17.9 Å². The summed E-state index contributed by atoms with van der Waals surface area (Å²) in [5.74, 6) is 0.442. The maximum Gasteiger partial charge on any atom is 0.320 e. The van der Waals surface area contributed by atoms with E-state index in [1.807, 2.05) is 35.2 Å². The van der Waals surface area contributed by atoms with Gasteiger partial charge < -0.3 is 10.2 Å². The summed E-state index contributed by atoms with van der Waals surface area (Å²) < 4.78 is 0. The number of carbonyl (C=O) groups excluding carboxylic acids is 1. The first-order valence-electron chi connectivity index (χ1n) is 9.96. The second kappa shape index (κ2) is 10.4. The highest BCUT2D eigenvalue weighted by Crippen LogP contribution is 2.34. The summed E-state index contributed by atoms with van der Waals surface area (Å²) >= 11 is 0. The van der Waals surface area contributed by atoms with E-state index < -0.39 is 0 Å². The number of benzene rings is 2.